The molecule has 1 aliphatic heterocycles. The molecule has 2 heterocycles. The van der Waals surface area contributed by atoms with E-state index >= 15 is 0 Å². The second-order valence-electron chi connectivity index (χ2n) is 5.90. The Morgan fingerprint density at radius 1 is 1.45 bits per heavy atom. The second-order valence-corrected chi connectivity index (χ2v) is 5.90. The van der Waals surface area contributed by atoms with Crippen LogP contribution in [0.2, 0.25) is 0 Å². The van der Waals surface area contributed by atoms with Gasteiger partial charge in [-0.15, -0.1) is 0 Å². The summed E-state index contributed by atoms with van der Waals surface area (Å²) in [6.07, 6.45) is 7.40. The van der Waals surface area contributed by atoms with Crippen molar-refractivity contribution in [3.8, 4) is 0 Å². The molecule has 0 saturated carbocycles. The minimum absolute atomic E-state index is 0.0909. The Balaban J connectivity index is 2.12. The zero-order valence-corrected chi connectivity index (χ0v) is 13.2. The molecule has 0 spiro atoms. The van der Waals surface area contributed by atoms with Gasteiger partial charge in [0.2, 0.25) is 0 Å². The lowest BCUT2D eigenvalue weighted by molar-refractivity contribution is -0.112. The van der Waals surface area contributed by atoms with E-state index in [1.807, 2.05) is 36.9 Å². The molecule has 1 saturated heterocycles. The van der Waals surface area contributed by atoms with Crippen molar-refractivity contribution < 1.29 is 9.59 Å². The number of piperidine rings is 1. The first kappa shape index (κ1) is 16.4. The lowest BCUT2D eigenvalue weighted by atomic mass is 9.99. The van der Waals surface area contributed by atoms with E-state index in [0.717, 1.165) is 49.6 Å². The molecule has 1 fully saturated rings. The highest BCUT2D eigenvalue weighted by Crippen LogP contribution is 2.15. The normalized spacial score (nSPS) is 20.9. The molecule has 0 N–H and O–H groups in total. The van der Waals surface area contributed by atoms with Crippen LogP contribution in [-0.4, -0.2) is 41.7 Å². The van der Waals surface area contributed by atoms with Crippen LogP contribution in [0.25, 0.3) is 0 Å². The summed E-state index contributed by atoms with van der Waals surface area (Å²) >= 11 is 0. The van der Waals surface area contributed by atoms with Crippen LogP contribution in [0.15, 0.2) is 35.1 Å². The Bertz CT molecular complexity index is 631. The van der Waals surface area contributed by atoms with E-state index in [2.05, 4.69) is 9.89 Å². The summed E-state index contributed by atoms with van der Waals surface area (Å²) in [5, 5.41) is 0. The van der Waals surface area contributed by atoms with Crippen molar-refractivity contribution in [2.45, 2.75) is 19.8 Å². The summed E-state index contributed by atoms with van der Waals surface area (Å²) in [5.41, 5.74) is 2.57. The van der Waals surface area contributed by atoms with Gasteiger partial charge in [-0.05, 0) is 44.0 Å². The van der Waals surface area contributed by atoms with E-state index < -0.39 is 0 Å². The number of pyridine rings is 1. The monoisotopic (exact) mass is 301 g/mol. The van der Waals surface area contributed by atoms with E-state index in [1.54, 1.807) is 6.20 Å². The molecule has 1 aromatic heterocycles. The van der Waals surface area contributed by atoms with E-state index in [0.29, 0.717) is 12.1 Å². The third-order valence-electron chi connectivity index (χ3n) is 3.93. The maximum Gasteiger partial charge on any atom is 0.148 e. The molecule has 1 unspecified atom stereocenters. The molecule has 0 amide bonds. The Hall–Kier alpha value is -2.01. The van der Waals surface area contributed by atoms with Crippen molar-refractivity contribution in [2.24, 2.45) is 18.0 Å². The number of aldehydes is 2. The minimum atomic E-state index is 0.0909. The summed E-state index contributed by atoms with van der Waals surface area (Å²) in [4.78, 5) is 28.7. The summed E-state index contributed by atoms with van der Waals surface area (Å²) in [6, 6.07) is 3.99. The Morgan fingerprint density at radius 2 is 2.27 bits per heavy atom. The fraction of sp³-hybridized carbons (Fsp3) is 0.471. The average Bonchev–Trinajstić information content (AvgIpc) is 2.54. The molecular formula is C17H23N3O2. The summed E-state index contributed by atoms with van der Waals surface area (Å²) < 4.78 is 1.91. The molecule has 5 heteroatoms. The van der Waals surface area contributed by atoms with Gasteiger partial charge in [-0.3, -0.25) is 9.69 Å². The first-order chi connectivity index (χ1) is 10.6. The summed E-state index contributed by atoms with van der Waals surface area (Å²) in [6.45, 7) is 4.21. The van der Waals surface area contributed by atoms with Crippen LogP contribution >= 0.6 is 0 Å². The molecule has 0 bridgehead atoms. The van der Waals surface area contributed by atoms with Crippen LogP contribution in [0, 0.1) is 12.8 Å². The minimum Gasteiger partial charge on any atom is -0.336 e. The molecule has 0 radical (unpaired) electrons. The van der Waals surface area contributed by atoms with Gasteiger partial charge in [-0.2, -0.15) is 0 Å². The zero-order chi connectivity index (χ0) is 15.9. The third kappa shape index (κ3) is 4.49. The summed E-state index contributed by atoms with van der Waals surface area (Å²) in [7, 11) is 1.92. The number of carbonyl (C=O) groups excluding carboxylic acids is 2. The molecular weight excluding hydrogens is 278 g/mol. The number of hydrogen-bond acceptors (Lipinski definition) is 4. The largest absolute Gasteiger partial charge is 0.336 e. The smallest absolute Gasteiger partial charge is 0.148 e. The van der Waals surface area contributed by atoms with Gasteiger partial charge in [0.1, 0.15) is 18.1 Å². The molecule has 0 aliphatic carbocycles. The van der Waals surface area contributed by atoms with Crippen LogP contribution in [0.4, 0.5) is 0 Å². The number of likely N-dealkylation sites (tertiary alicyclic amines) is 1. The fourth-order valence-electron chi connectivity index (χ4n) is 2.65. The molecule has 118 valence electrons. The predicted octanol–water partition coefficient (Wildman–Crippen LogP) is 1.23. The van der Waals surface area contributed by atoms with Gasteiger partial charge in [0, 0.05) is 44.0 Å². The van der Waals surface area contributed by atoms with Crippen LogP contribution in [-0.2, 0) is 16.6 Å². The topological polar surface area (TPSA) is 54.7 Å². The Kier molecular flexibility index (Phi) is 5.83. The Morgan fingerprint density at radius 3 is 3.00 bits per heavy atom. The van der Waals surface area contributed by atoms with Crippen LogP contribution < -0.4 is 5.49 Å². The highest BCUT2D eigenvalue weighted by Gasteiger charge is 2.19. The van der Waals surface area contributed by atoms with E-state index in [-0.39, 0.29) is 5.92 Å². The lowest BCUT2D eigenvalue weighted by Gasteiger charge is -2.29. The van der Waals surface area contributed by atoms with Crippen molar-refractivity contribution in [2.75, 3.05) is 19.6 Å². The van der Waals surface area contributed by atoms with Crippen LogP contribution in [0.1, 0.15) is 18.4 Å². The number of rotatable bonds is 5. The van der Waals surface area contributed by atoms with Crippen molar-refractivity contribution >= 4 is 12.6 Å². The number of hydrogen-bond donors (Lipinski definition) is 0. The zero-order valence-electron chi connectivity index (χ0n) is 13.2. The quantitative estimate of drug-likeness (QED) is 0.607. The van der Waals surface area contributed by atoms with E-state index in [4.69, 9.17) is 0 Å². The van der Waals surface area contributed by atoms with Crippen molar-refractivity contribution in [3.63, 3.8) is 0 Å². The number of nitrogens with zero attached hydrogens (tertiary/aromatic N) is 3. The van der Waals surface area contributed by atoms with E-state index in [1.165, 1.54) is 0 Å². The third-order valence-corrected chi connectivity index (χ3v) is 3.93. The molecule has 0 aromatic carbocycles. The molecule has 2 rings (SSSR count). The first-order valence-electron chi connectivity index (χ1n) is 7.61. The highest BCUT2D eigenvalue weighted by atomic mass is 16.1. The Labute approximate surface area is 131 Å². The van der Waals surface area contributed by atoms with Gasteiger partial charge in [0.25, 0.3) is 0 Å². The molecule has 1 atom stereocenters. The second kappa shape index (κ2) is 7.84. The SMILES string of the molecule is Cc1ccn(C)/c(=N\C=C(/C=O)CN2CCCC(C=O)C2)c1. The molecule has 5 nitrogen and oxygen atoms in total. The maximum absolute atomic E-state index is 11.3. The van der Waals surface area contributed by atoms with Gasteiger partial charge in [0.15, 0.2) is 0 Å². The standard InChI is InChI=1S/C17H23N3O2/c1-14-5-7-19(2)17(8-14)18-9-16(13-22)11-20-6-3-4-15(10-20)12-21/h5,7-9,12-13,15H,3-4,6,10-11H2,1-2H3/b16-9-,18-17-. The van der Waals surface area contributed by atoms with Gasteiger partial charge < -0.3 is 9.36 Å². The number of carbonyl (C=O) groups is 2. The van der Waals surface area contributed by atoms with Gasteiger partial charge in [-0.1, -0.05) is 0 Å². The molecule has 22 heavy (non-hydrogen) atoms. The van der Waals surface area contributed by atoms with Crippen LogP contribution in [0.3, 0.4) is 0 Å². The highest BCUT2D eigenvalue weighted by molar-refractivity contribution is 5.73. The lowest BCUT2D eigenvalue weighted by Crippen LogP contribution is -2.37. The van der Waals surface area contributed by atoms with E-state index in [9.17, 15) is 9.59 Å². The van der Waals surface area contributed by atoms with Crippen molar-refractivity contribution in [1.82, 2.24) is 9.47 Å². The molecule has 1 aliphatic rings. The number of aryl methyl sites for hydroxylation is 2. The van der Waals surface area contributed by atoms with Gasteiger partial charge in [-0.25, -0.2) is 4.99 Å². The number of aromatic nitrogens is 1. The van der Waals surface area contributed by atoms with Crippen LogP contribution in [0.5, 0.6) is 0 Å². The predicted molar refractivity (Wildman–Crippen MR) is 85.1 cm³/mol. The van der Waals surface area contributed by atoms with Crippen molar-refractivity contribution in [1.29, 1.82) is 0 Å². The summed E-state index contributed by atoms with van der Waals surface area (Å²) in [5.74, 6) is 0.0909. The van der Waals surface area contributed by atoms with Gasteiger partial charge in [0.05, 0.1) is 0 Å². The van der Waals surface area contributed by atoms with Crippen molar-refractivity contribution in [3.05, 3.63) is 41.2 Å². The average molecular weight is 301 g/mol. The fourth-order valence-corrected chi connectivity index (χ4v) is 2.65. The maximum atomic E-state index is 11.3. The first-order valence-corrected chi connectivity index (χ1v) is 7.61. The molecule has 1 aromatic rings. The van der Waals surface area contributed by atoms with Gasteiger partial charge >= 0.3 is 0 Å².